The van der Waals surface area contributed by atoms with E-state index in [-0.39, 0.29) is 5.79 Å². The maximum absolute atomic E-state index is 5.72. The second-order valence-corrected chi connectivity index (χ2v) is 5.13. The van der Waals surface area contributed by atoms with Crippen molar-refractivity contribution in [2.45, 2.75) is 23.5 Å². The van der Waals surface area contributed by atoms with Crippen LogP contribution in [0.25, 0.3) is 0 Å². The van der Waals surface area contributed by atoms with Gasteiger partial charge < -0.3 is 14.4 Å². The molecule has 3 nitrogen and oxygen atoms in total. The topological polar surface area (TPSA) is 21.7 Å². The third-order valence-corrected chi connectivity index (χ3v) is 3.85. The van der Waals surface area contributed by atoms with Crippen LogP contribution < -0.4 is 4.90 Å². The van der Waals surface area contributed by atoms with Crippen LogP contribution >= 0.6 is 12.6 Å². The van der Waals surface area contributed by atoms with Crippen molar-refractivity contribution in [3.63, 3.8) is 0 Å². The average Bonchev–Trinajstić information content (AvgIpc) is 2.80. The largest absolute Gasteiger partial charge is 0.371 e. The lowest BCUT2D eigenvalue weighted by Gasteiger charge is -2.38. The highest BCUT2D eigenvalue weighted by atomic mass is 32.1. The van der Waals surface area contributed by atoms with E-state index in [4.69, 9.17) is 9.47 Å². The summed E-state index contributed by atoms with van der Waals surface area (Å²) in [5.74, 6) is -0.278. The molecule has 17 heavy (non-hydrogen) atoms. The standard InChI is InChI=1S/C13H17NO2S/c17-12-3-1-11(2-4-12)14-7-5-13(6-8-14)15-9-10-16-13/h1-4,17H,5-10H2. The Kier molecular flexibility index (Phi) is 3.03. The second-order valence-electron chi connectivity index (χ2n) is 4.61. The number of anilines is 1. The second kappa shape index (κ2) is 4.52. The van der Waals surface area contributed by atoms with Crippen molar-refractivity contribution in [1.82, 2.24) is 0 Å². The van der Waals surface area contributed by atoms with Crippen LogP contribution in [0.15, 0.2) is 29.2 Å². The van der Waals surface area contributed by atoms with Gasteiger partial charge in [0.15, 0.2) is 5.79 Å². The summed E-state index contributed by atoms with van der Waals surface area (Å²) in [6.45, 7) is 3.47. The molecule has 2 aliphatic heterocycles. The molecule has 4 heteroatoms. The van der Waals surface area contributed by atoms with Crippen molar-refractivity contribution >= 4 is 18.3 Å². The Morgan fingerprint density at radius 3 is 2.18 bits per heavy atom. The minimum absolute atomic E-state index is 0.278. The summed E-state index contributed by atoms with van der Waals surface area (Å²) in [6.07, 6.45) is 1.91. The van der Waals surface area contributed by atoms with Gasteiger partial charge in [0.1, 0.15) is 0 Å². The van der Waals surface area contributed by atoms with E-state index >= 15 is 0 Å². The summed E-state index contributed by atoms with van der Waals surface area (Å²) in [6, 6.07) is 8.31. The van der Waals surface area contributed by atoms with Crippen LogP contribution in [0.3, 0.4) is 0 Å². The first-order valence-electron chi connectivity index (χ1n) is 6.09. The molecule has 0 radical (unpaired) electrons. The molecule has 2 saturated heterocycles. The predicted octanol–water partition coefficient (Wildman–Crippen LogP) is 2.32. The molecular weight excluding hydrogens is 234 g/mol. The lowest BCUT2D eigenvalue weighted by Crippen LogP contribution is -2.45. The van der Waals surface area contributed by atoms with E-state index in [1.165, 1.54) is 5.69 Å². The molecule has 0 aromatic heterocycles. The Morgan fingerprint density at radius 2 is 1.59 bits per heavy atom. The van der Waals surface area contributed by atoms with Crippen LogP contribution in [0.4, 0.5) is 5.69 Å². The number of hydrogen-bond acceptors (Lipinski definition) is 4. The molecule has 92 valence electrons. The fourth-order valence-electron chi connectivity index (χ4n) is 2.55. The number of piperidine rings is 1. The van der Waals surface area contributed by atoms with Crippen LogP contribution in [-0.4, -0.2) is 32.1 Å². The molecule has 1 aromatic carbocycles. The smallest absolute Gasteiger partial charge is 0.171 e. The molecule has 0 atom stereocenters. The molecular formula is C13H17NO2S. The summed E-state index contributed by atoms with van der Waals surface area (Å²) in [4.78, 5) is 3.38. The fraction of sp³-hybridized carbons (Fsp3) is 0.538. The SMILES string of the molecule is Sc1ccc(N2CCC3(CC2)OCCO3)cc1. The van der Waals surface area contributed by atoms with Gasteiger partial charge in [0, 0.05) is 36.5 Å². The van der Waals surface area contributed by atoms with Crippen LogP contribution in [0.1, 0.15) is 12.8 Å². The van der Waals surface area contributed by atoms with Crippen molar-refractivity contribution < 1.29 is 9.47 Å². The lowest BCUT2D eigenvalue weighted by molar-refractivity contribution is -0.169. The third-order valence-electron chi connectivity index (χ3n) is 3.55. The normalized spacial score (nSPS) is 23.2. The zero-order chi connectivity index (χ0) is 11.7. The number of hydrogen-bond donors (Lipinski definition) is 1. The van der Waals surface area contributed by atoms with E-state index in [9.17, 15) is 0 Å². The van der Waals surface area contributed by atoms with E-state index in [0.29, 0.717) is 0 Å². The van der Waals surface area contributed by atoms with E-state index in [1.807, 2.05) is 12.1 Å². The highest BCUT2D eigenvalue weighted by Gasteiger charge is 2.39. The van der Waals surface area contributed by atoms with Crippen molar-refractivity contribution in [1.29, 1.82) is 0 Å². The summed E-state index contributed by atoms with van der Waals surface area (Å²) in [7, 11) is 0. The van der Waals surface area contributed by atoms with Gasteiger partial charge in [-0.2, -0.15) is 0 Å². The summed E-state index contributed by atoms with van der Waals surface area (Å²) in [5.41, 5.74) is 1.26. The summed E-state index contributed by atoms with van der Waals surface area (Å²) < 4.78 is 11.4. The van der Waals surface area contributed by atoms with Gasteiger partial charge >= 0.3 is 0 Å². The van der Waals surface area contributed by atoms with Gasteiger partial charge in [-0.25, -0.2) is 0 Å². The number of ether oxygens (including phenoxy) is 2. The van der Waals surface area contributed by atoms with Gasteiger partial charge in [0.2, 0.25) is 0 Å². The number of rotatable bonds is 1. The molecule has 0 saturated carbocycles. The van der Waals surface area contributed by atoms with Crippen molar-refractivity contribution in [3.8, 4) is 0 Å². The first-order valence-corrected chi connectivity index (χ1v) is 6.54. The fourth-order valence-corrected chi connectivity index (χ4v) is 2.70. The molecule has 0 unspecified atom stereocenters. The van der Waals surface area contributed by atoms with Gasteiger partial charge in [-0.15, -0.1) is 12.6 Å². The Balaban J connectivity index is 1.66. The Morgan fingerprint density at radius 1 is 1.00 bits per heavy atom. The van der Waals surface area contributed by atoms with Crippen molar-refractivity contribution in [2.24, 2.45) is 0 Å². The molecule has 1 aromatic rings. The van der Waals surface area contributed by atoms with Crippen LogP contribution in [0.2, 0.25) is 0 Å². The Hall–Kier alpha value is -0.710. The van der Waals surface area contributed by atoms with E-state index in [0.717, 1.165) is 44.0 Å². The molecule has 2 aliphatic rings. The molecule has 0 bridgehead atoms. The first kappa shape index (κ1) is 11.4. The van der Waals surface area contributed by atoms with E-state index < -0.39 is 0 Å². The van der Waals surface area contributed by atoms with Crippen LogP contribution in [0.5, 0.6) is 0 Å². The number of benzene rings is 1. The summed E-state index contributed by atoms with van der Waals surface area (Å²) in [5, 5.41) is 0. The average molecular weight is 251 g/mol. The van der Waals surface area contributed by atoms with Gasteiger partial charge in [-0.3, -0.25) is 0 Å². The maximum Gasteiger partial charge on any atom is 0.171 e. The third kappa shape index (κ3) is 2.30. The van der Waals surface area contributed by atoms with E-state index in [1.54, 1.807) is 0 Å². The quantitative estimate of drug-likeness (QED) is 0.774. The minimum atomic E-state index is -0.278. The van der Waals surface area contributed by atoms with Crippen LogP contribution in [0, 0.1) is 0 Å². The molecule has 3 rings (SSSR count). The van der Waals surface area contributed by atoms with Gasteiger partial charge in [-0.05, 0) is 24.3 Å². The zero-order valence-corrected chi connectivity index (χ0v) is 10.7. The number of nitrogens with zero attached hydrogens (tertiary/aromatic N) is 1. The maximum atomic E-state index is 5.72. The van der Waals surface area contributed by atoms with Crippen molar-refractivity contribution in [3.05, 3.63) is 24.3 Å². The van der Waals surface area contributed by atoms with Crippen molar-refractivity contribution in [2.75, 3.05) is 31.2 Å². The molecule has 0 aliphatic carbocycles. The first-order chi connectivity index (χ1) is 8.27. The highest BCUT2D eigenvalue weighted by Crippen LogP contribution is 2.33. The highest BCUT2D eigenvalue weighted by molar-refractivity contribution is 7.80. The molecule has 2 heterocycles. The molecule has 2 fully saturated rings. The Bertz CT molecular complexity index is 377. The van der Waals surface area contributed by atoms with Gasteiger partial charge in [0.05, 0.1) is 13.2 Å². The monoisotopic (exact) mass is 251 g/mol. The predicted molar refractivity (Wildman–Crippen MR) is 69.8 cm³/mol. The van der Waals surface area contributed by atoms with E-state index in [2.05, 4.69) is 29.7 Å². The van der Waals surface area contributed by atoms with Gasteiger partial charge in [-0.1, -0.05) is 0 Å². The Labute approximate surface area is 107 Å². The molecule has 0 N–H and O–H groups in total. The minimum Gasteiger partial charge on any atom is -0.371 e. The van der Waals surface area contributed by atoms with Crippen LogP contribution in [-0.2, 0) is 9.47 Å². The zero-order valence-electron chi connectivity index (χ0n) is 9.76. The number of thiol groups is 1. The van der Waals surface area contributed by atoms with Gasteiger partial charge in [0.25, 0.3) is 0 Å². The molecule has 0 amide bonds. The summed E-state index contributed by atoms with van der Waals surface area (Å²) >= 11 is 4.30. The lowest BCUT2D eigenvalue weighted by atomic mass is 10.0. The molecule has 1 spiro atoms.